The molecule has 0 unspecified atom stereocenters. The Hall–Kier alpha value is -3.49. The molecule has 168 valence electrons. The van der Waals surface area contributed by atoms with E-state index in [1.807, 2.05) is 24.3 Å². The third-order valence-electron chi connectivity index (χ3n) is 5.35. The Morgan fingerprint density at radius 1 is 1.16 bits per heavy atom. The number of methoxy groups -OCH3 is 1. The fourth-order valence-electron chi connectivity index (χ4n) is 3.56. The molecule has 1 amide bonds. The molecule has 0 atom stereocenters. The minimum atomic E-state index is -0.725. The smallest absolute Gasteiger partial charge is 0.227 e. The molecular formula is C23H23F2N3O4. The van der Waals surface area contributed by atoms with Gasteiger partial charge in [0.25, 0.3) is 0 Å². The van der Waals surface area contributed by atoms with E-state index in [9.17, 15) is 13.6 Å². The van der Waals surface area contributed by atoms with Crippen molar-refractivity contribution in [1.29, 1.82) is 0 Å². The monoisotopic (exact) mass is 443 g/mol. The van der Waals surface area contributed by atoms with Gasteiger partial charge in [-0.2, -0.15) is 4.98 Å². The number of aryl methyl sites for hydroxylation is 1. The van der Waals surface area contributed by atoms with Crippen LogP contribution < -0.4 is 9.47 Å². The highest BCUT2D eigenvalue weighted by Crippen LogP contribution is 2.24. The predicted molar refractivity (Wildman–Crippen MR) is 111 cm³/mol. The number of piperidine rings is 1. The van der Waals surface area contributed by atoms with E-state index in [2.05, 4.69) is 10.1 Å². The van der Waals surface area contributed by atoms with Crippen LogP contribution in [-0.4, -0.2) is 47.3 Å². The first-order chi connectivity index (χ1) is 15.5. The quantitative estimate of drug-likeness (QED) is 0.549. The summed E-state index contributed by atoms with van der Waals surface area (Å²) >= 11 is 0. The van der Waals surface area contributed by atoms with Gasteiger partial charge in [-0.05, 0) is 36.4 Å². The molecule has 1 saturated heterocycles. The number of amides is 1. The highest BCUT2D eigenvalue weighted by Gasteiger charge is 2.25. The van der Waals surface area contributed by atoms with E-state index < -0.39 is 11.6 Å². The number of ether oxygens (including phenoxy) is 2. The first-order valence-corrected chi connectivity index (χ1v) is 10.4. The van der Waals surface area contributed by atoms with Gasteiger partial charge in [0.1, 0.15) is 17.7 Å². The van der Waals surface area contributed by atoms with E-state index in [-0.39, 0.29) is 24.2 Å². The molecule has 2 aromatic carbocycles. The molecule has 32 heavy (non-hydrogen) atoms. The summed E-state index contributed by atoms with van der Waals surface area (Å²) in [7, 11) is 1.60. The van der Waals surface area contributed by atoms with Crippen LogP contribution in [0, 0.1) is 11.6 Å². The summed E-state index contributed by atoms with van der Waals surface area (Å²) in [6.45, 7) is 1.01. The largest absolute Gasteiger partial charge is 0.497 e. The molecule has 1 fully saturated rings. The number of carbonyl (C=O) groups excluding carboxylic acids is 1. The number of hydrogen-bond acceptors (Lipinski definition) is 6. The molecule has 7 nitrogen and oxygen atoms in total. The van der Waals surface area contributed by atoms with Crippen molar-refractivity contribution in [1.82, 2.24) is 15.0 Å². The molecule has 0 aliphatic carbocycles. The minimum Gasteiger partial charge on any atom is -0.497 e. The summed E-state index contributed by atoms with van der Waals surface area (Å²) in [6, 6.07) is 10.5. The van der Waals surface area contributed by atoms with Gasteiger partial charge in [0.15, 0.2) is 11.6 Å². The van der Waals surface area contributed by atoms with Gasteiger partial charge in [0.2, 0.25) is 17.6 Å². The first kappa shape index (κ1) is 21.7. The number of likely N-dealkylation sites (tertiary alicyclic amines) is 1. The Morgan fingerprint density at radius 3 is 2.59 bits per heavy atom. The Balaban J connectivity index is 1.24. The molecule has 0 bridgehead atoms. The van der Waals surface area contributed by atoms with E-state index in [4.69, 9.17) is 14.0 Å². The number of hydrogen-bond donors (Lipinski definition) is 0. The molecule has 0 N–H and O–H groups in total. The van der Waals surface area contributed by atoms with Gasteiger partial charge in [-0.25, -0.2) is 8.78 Å². The van der Waals surface area contributed by atoms with E-state index in [1.54, 1.807) is 12.0 Å². The van der Waals surface area contributed by atoms with Crippen molar-refractivity contribution in [3.63, 3.8) is 0 Å². The molecule has 0 saturated carbocycles. The second kappa shape index (κ2) is 9.76. The molecule has 1 aliphatic rings. The van der Waals surface area contributed by atoms with Gasteiger partial charge >= 0.3 is 0 Å². The van der Waals surface area contributed by atoms with Crippen LogP contribution >= 0.6 is 0 Å². The molecule has 3 aromatic rings. The van der Waals surface area contributed by atoms with Crippen LogP contribution in [0.2, 0.25) is 0 Å². The van der Waals surface area contributed by atoms with Crippen molar-refractivity contribution in [3.05, 3.63) is 60.0 Å². The van der Waals surface area contributed by atoms with E-state index in [0.717, 1.165) is 23.4 Å². The van der Waals surface area contributed by atoms with Crippen LogP contribution in [0.3, 0.4) is 0 Å². The van der Waals surface area contributed by atoms with Crippen molar-refractivity contribution in [2.24, 2.45) is 0 Å². The Bertz CT molecular complexity index is 1060. The number of benzene rings is 2. The minimum absolute atomic E-state index is 0.0133. The maximum absolute atomic E-state index is 13.8. The number of nitrogens with zero attached hydrogens (tertiary/aromatic N) is 3. The molecular weight excluding hydrogens is 420 g/mol. The molecule has 0 spiro atoms. The van der Waals surface area contributed by atoms with Gasteiger partial charge < -0.3 is 18.9 Å². The van der Waals surface area contributed by atoms with Crippen molar-refractivity contribution in [2.45, 2.75) is 31.8 Å². The fraction of sp³-hybridized carbons (Fsp3) is 0.348. The molecule has 0 radical (unpaired) electrons. The Labute approximate surface area is 183 Å². The molecule has 4 rings (SSSR count). The third kappa shape index (κ3) is 5.22. The van der Waals surface area contributed by atoms with Crippen LogP contribution in [0.15, 0.2) is 47.0 Å². The predicted octanol–water partition coefficient (Wildman–Crippen LogP) is 4.03. The van der Waals surface area contributed by atoms with E-state index in [1.165, 1.54) is 6.07 Å². The third-order valence-corrected chi connectivity index (χ3v) is 5.35. The lowest BCUT2D eigenvalue weighted by molar-refractivity contribution is -0.133. The maximum atomic E-state index is 13.8. The van der Waals surface area contributed by atoms with Crippen LogP contribution in [0.4, 0.5) is 8.78 Å². The summed E-state index contributed by atoms with van der Waals surface area (Å²) in [5.41, 5.74) is 0.798. The molecule has 1 aromatic heterocycles. The average Bonchev–Trinajstić information content (AvgIpc) is 3.29. The number of halogens is 2. The van der Waals surface area contributed by atoms with Gasteiger partial charge in [-0.15, -0.1) is 0 Å². The standard InChI is InChI=1S/C23H23F2N3O4/c1-30-17-5-2-15(3-6-17)23-26-21(32-27-23)8-9-22(29)28-12-10-18(11-13-28)31-20-7-4-16(24)14-19(20)25/h2-7,14,18H,8-13H2,1H3. The topological polar surface area (TPSA) is 77.7 Å². The van der Waals surface area contributed by atoms with Crippen LogP contribution in [0.1, 0.15) is 25.2 Å². The zero-order valence-electron chi connectivity index (χ0n) is 17.6. The van der Waals surface area contributed by atoms with Crippen molar-refractivity contribution in [2.75, 3.05) is 20.2 Å². The van der Waals surface area contributed by atoms with Crippen molar-refractivity contribution < 1.29 is 27.6 Å². The highest BCUT2D eigenvalue weighted by molar-refractivity contribution is 5.76. The lowest BCUT2D eigenvalue weighted by Gasteiger charge is -2.32. The van der Waals surface area contributed by atoms with E-state index >= 15 is 0 Å². The summed E-state index contributed by atoms with van der Waals surface area (Å²) in [5, 5.41) is 3.97. The molecule has 9 heteroatoms. The fourth-order valence-corrected chi connectivity index (χ4v) is 3.56. The normalized spacial score (nSPS) is 14.4. The van der Waals surface area contributed by atoms with E-state index in [0.29, 0.717) is 44.1 Å². The summed E-state index contributed by atoms with van der Waals surface area (Å²) in [6.07, 6.45) is 1.53. The summed E-state index contributed by atoms with van der Waals surface area (Å²) in [5.74, 6) is 0.237. The SMILES string of the molecule is COc1ccc(-c2noc(CCC(=O)N3CCC(Oc4ccc(F)cc4F)CC3)n2)cc1. The van der Waals surface area contributed by atoms with Crippen molar-refractivity contribution in [3.8, 4) is 22.9 Å². The highest BCUT2D eigenvalue weighted by atomic mass is 19.1. The van der Waals surface area contributed by atoms with Crippen LogP contribution in [0.5, 0.6) is 11.5 Å². The van der Waals surface area contributed by atoms with Crippen LogP contribution in [0.25, 0.3) is 11.4 Å². The van der Waals surface area contributed by atoms with Gasteiger partial charge in [0.05, 0.1) is 7.11 Å². The first-order valence-electron chi connectivity index (χ1n) is 10.4. The zero-order valence-corrected chi connectivity index (χ0v) is 17.6. The lowest BCUT2D eigenvalue weighted by Crippen LogP contribution is -2.41. The van der Waals surface area contributed by atoms with Crippen molar-refractivity contribution >= 4 is 5.91 Å². The van der Waals surface area contributed by atoms with Gasteiger partial charge in [-0.3, -0.25) is 4.79 Å². The summed E-state index contributed by atoms with van der Waals surface area (Å²) < 4.78 is 42.8. The van der Waals surface area contributed by atoms with Crippen LogP contribution in [-0.2, 0) is 11.2 Å². The average molecular weight is 443 g/mol. The second-order valence-electron chi connectivity index (χ2n) is 7.51. The van der Waals surface area contributed by atoms with Gasteiger partial charge in [0, 0.05) is 50.4 Å². The zero-order chi connectivity index (χ0) is 22.5. The number of aromatic nitrogens is 2. The number of rotatable bonds is 7. The lowest BCUT2D eigenvalue weighted by atomic mass is 10.1. The molecule has 2 heterocycles. The Kier molecular flexibility index (Phi) is 6.63. The maximum Gasteiger partial charge on any atom is 0.227 e. The molecule has 1 aliphatic heterocycles. The Morgan fingerprint density at radius 2 is 1.91 bits per heavy atom. The summed E-state index contributed by atoms with van der Waals surface area (Å²) in [4.78, 5) is 18.7. The van der Waals surface area contributed by atoms with Gasteiger partial charge in [-0.1, -0.05) is 5.16 Å². The second-order valence-corrected chi connectivity index (χ2v) is 7.51. The number of carbonyl (C=O) groups is 1.